The van der Waals surface area contributed by atoms with Gasteiger partial charge in [0.15, 0.2) is 5.82 Å². The van der Waals surface area contributed by atoms with Crippen molar-refractivity contribution in [2.75, 3.05) is 31.1 Å². The first-order chi connectivity index (χ1) is 14.5. The quantitative estimate of drug-likeness (QED) is 0.620. The van der Waals surface area contributed by atoms with E-state index in [1.807, 2.05) is 22.9 Å². The number of anilines is 1. The second-order valence-corrected chi connectivity index (χ2v) is 8.40. The zero-order valence-electron chi connectivity index (χ0n) is 17.9. The lowest BCUT2D eigenvalue weighted by molar-refractivity contribution is 0.187. The van der Waals surface area contributed by atoms with E-state index in [1.54, 1.807) is 6.07 Å². The summed E-state index contributed by atoms with van der Waals surface area (Å²) in [6.45, 7) is 9.57. The van der Waals surface area contributed by atoms with E-state index in [9.17, 15) is 4.39 Å². The Bertz CT molecular complexity index is 963. The molecule has 4 rings (SSSR count). The van der Waals surface area contributed by atoms with Gasteiger partial charge >= 0.3 is 0 Å². The number of tetrazole rings is 1. The van der Waals surface area contributed by atoms with Crippen molar-refractivity contribution in [2.45, 2.75) is 38.8 Å². The van der Waals surface area contributed by atoms with Crippen molar-refractivity contribution >= 4 is 5.69 Å². The van der Waals surface area contributed by atoms with E-state index in [0.717, 1.165) is 38.4 Å². The van der Waals surface area contributed by atoms with Crippen molar-refractivity contribution in [3.63, 3.8) is 0 Å². The summed E-state index contributed by atoms with van der Waals surface area (Å²) in [5, 5.41) is 12.8. The van der Waals surface area contributed by atoms with E-state index in [0.29, 0.717) is 5.69 Å². The Labute approximate surface area is 177 Å². The molecule has 0 radical (unpaired) electrons. The predicted molar refractivity (Wildman–Crippen MR) is 116 cm³/mol. The smallest absolute Gasteiger partial charge is 0.173 e. The van der Waals surface area contributed by atoms with Gasteiger partial charge < -0.3 is 4.90 Å². The second-order valence-electron chi connectivity index (χ2n) is 8.40. The lowest BCUT2D eigenvalue weighted by Crippen LogP contribution is -2.49. The number of aromatic nitrogens is 4. The fourth-order valence-corrected chi connectivity index (χ4v) is 4.03. The zero-order valence-corrected chi connectivity index (χ0v) is 17.9. The summed E-state index contributed by atoms with van der Waals surface area (Å²) in [5.41, 5.74) is 1.66. The second kappa shape index (κ2) is 8.52. The van der Waals surface area contributed by atoms with Gasteiger partial charge in [0.25, 0.3) is 0 Å². The van der Waals surface area contributed by atoms with Crippen LogP contribution in [-0.4, -0.2) is 51.3 Å². The highest BCUT2D eigenvalue weighted by atomic mass is 19.1. The van der Waals surface area contributed by atoms with Crippen LogP contribution in [0.15, 0.2) is 54.6 Å². The molecule has 0 spiro atoms. The van der Waals surface area contributed by atoms with Crippen LogP contribution in [0.25, 0.3) is 0 Å². The first-order valence-corrected chi connectivity index (χ1v) is 10.6. The van der Waals surface area contributed by atoms with E-state index < -0.39 is 0 Å². The van der Waals surface area contributed by atoms with Crippen LogP contribution >= 0.6 is 0 Å². The number of piperazine rings is 1. The summed E-state index contributed by atoms with van der Waals surface area (Å²) < 4.78 is 16.2. The van der Waals surface area contributed by atoms with Gasteiger partial charge in [0, 0.05) is 26.2 Å². The third-order valence-corrected chi connectivity index (χ3v) is 6.16. The van der Waals surface area contributed by atoms with Gasteiger partial charge in [-0.15, -0.1) is 5.10 Å². The molecule has 158 valence electrons. The van der Waals surface area contributed by atoms with Gasteiger partial charge in [-0.1, -0.05) is 49.4 Å². The molecule has 2 heterocycles. The van der Waals surface area contributed by atoms with Crippen molar-refractivity contribution < 1.29 is 4.39 Å². The summed E-state index contributed by atoms with van der Waals surface area (Å²) in [4.78, 5) is 4.52. The van der Waals surface area contributed by atoms with Crippen LogP contribution in [0, 0.1) is 5.82 Å². The third-order valence-electron chi connectivity index (χ3n) is 6.16. The highest BCUT2D eigenvalue weighted by Crippen LogP contribution is 2.32. The van der Waals surface area contributed by atoms with Gasteiger partial charge in [-0.2, -0.15) is 0 Å². The van der Waals surface area contributed by atoms with Crippen LogP contribution in [-0.2, 0) is 5.54 Å². The Morgan fingerprint density at radius 3 is 2.30 bits per heavy atom. The molecular formula is C23H29FN6. The number of benzene rings is 2. The number of nitrogens with zero attached hydrogens (tertiary/aromatic N) is 6. The van der Waals surface area contributed by atoms with Crippen LogP contribution < -0.4 is 4.90 Å². The van der Waals surface area contributed by atoms with E-state index in [4.69, 9.17) is 0 Å². The SMILES string of the molecule is CCC(C)(C)n1nnnc1[C@H](c1ccccc1)N1CCN(c2ccccc2F)CC1. The molecule has 0 N–H and O–H groups in total. The summed E-state index contributed by atoms with van der Waals surface area (Å²) in [6, 6.07) is 17.3. The van der Waals surface area contributed by atoms with Gasteiger partial charge in [-0.3, -0.25) is 4.90 Å². The van der Waals surface area contributed by atoms with Crippen molar-refractivity contribution in [1.82, 2.24) is 25.1 Å². The van der Waals surface area contributed by atoms with Crippen LogP contribution in [0.2, 0.25) is 0 Å². The van der Waals surface area contributed by atoms with Gasteiger partial charge in [-0.25, -0.2) is 9.07 Å². The number of para-hydroxylation sites is 1. The molecule has 6 nitrogen and oxygen atoms in total. The lowest BCUT2D eigenvalue weighted by atomic mass is 9.99. The predicted octanol–water partition coefficient (Wildman–Crippen LogP) is 3.87. The topological polar surface area (TPSA) is 50.1 Å². The number of hydrogen-bond acceptors (Lipinski definition) is 5. The highest BCUT2D eigenvalue weighted by molar-refractivity contribution is 5.48. The zero-order chi connectivity index (χ0) is 21.1. The molecule has 1 saturated heterocycles. The van der Waals surface area contributed by atoms with E-state index in [-0.39, 0.29) is 17.4 Å². The first kappa shape index (κ1) is 20.5. The fourth-order valence-electron chi connectivity index (χ4n) is 4.03. The van der Waals surface area contributed by atoms with Gasteiger partial charge in [0.2, 0.25) is 0 Å². The van der Waals surface area contributed by atoms with Crippen molar-refractivity contribution in [1.29, 1.82) is 0 Å². The van der Waals surface area contributed by atoms with Crippen LogP contribution in [0.5, 0.6) is 0 Å². The Kier molecular flexibility index (Phi) is 5.81. The van der Waals surface area contributed by atoms with Crippen LogP contribution in [0.1, 0.15) is 44.6 Å². The van der Waals surface area contributed by atoms with Crippen LogP contribution in [0.3, 0.4) is 0 Å². The molecule has 1 atom stereocenters. The molecule has 3 aromatic rings. The average Bonchev–Trinajstić information content (AvgIpc) is 3.26. The molecule has 1 aliphatic heterocycles. The Balaban J connectivity index is 1.63. The van der Waals surface area contributed by atoms with E-state index in [2.05, 4.69) is 70.4 Å². The maximum Gasteiger partial charge on any atom is 0.173 e. The minimum Gasteiger partial charge on any atom is -0.367 e. The molecule has 1 fully saturated rings. The Hall–Kier alpha value is -2.80. The van der Waals surface area contributed by atoms with E-state index >= 15 is 0 Å². The summed E-state index contributed by atoms with van der Waals surface area (Å²) in [5.74, 6) is 0.687. The molecule has 7 heteroatoms. The van der Waals surface area contributed by atoms with Crippen molar-refractivity contribution in [3.05, 3.63) is 71.8 Å². The molecule has 0 bridgehead atoms. The minimum atomic E-state index is -0.180. The molecule has 0 saturated carbocycles. The minimum absolute atomic E-state index is 0.0465. The van der Waals surface area contributed by atoms with Crippen LogP contribution in [0.4, 0.5) is 10.1 Å². The fraction of sp³-hybridized carbons (Fsp3) is 0.435. The lowest BCUT2D eigenvalue weighted by Gasteiger charge is -2.40. The molecule has 0 unspecified atom stereocenters. The molecule has 30 heavy (non-hydrogen) atoms. The summed E-state index contributed by atoms with van der Waals surface area (Å²) in [7, 11) is 0. The molecule has 1 aliphatic rings. The molecule has 0 aliphatic carbocycles. The van der Waals surface area contributed by atoms with Gasteiger partial charge in [-0.05, 0) is 48.4 Å². The molecule has 0 amide bonds. The summed E-state index contributed by atoms with van der Waals surface area (Å²) in [6.07, 6.45) is 0.924. The Morgan fingerprint density at radius 1 is 0.967 bits per heavy atom. The highest BCUT2D eigenvalue weighted by Gasteiger charge is 2.34. The molecule has 1 aromatic heterocycles. The van der Waals surface area contributed by atoms with Crippen molar-refractivity contribution in [3.8, 4) is 0 Å². The largest absolute Gasteiger partial charge is 0.367 e. The molecular weight excluding hydrogens is 379 g/mol. The maximum atomic E-state index is 14.3. The van der Waals surface area contributed by atoms with E-state index in [1.165, 1.54) is 11.6 Å². The normalized spacial score (nSPS) is 16.6. The standard InChI is InChI=1S/C23H29FN6/c1-4-23(2,3)30-22(25-26-27-30)21(18-10-6-5-7-11-18)29-16-14-28(15-17-29)20-13-9-8-12-19(20)24/h5-13,21H,4,14-17H2,1-3H3/t21-/m0/s1. The molecule has 2 aromatic carbocycles. The monoisotopic (exact) mass is 408 g/mol. The Morgan fingerprint density at radius 2 is 1.63 bits per heavy atom. The maximum absolute atomic E-state index is 14.3. The van der Waals surface area contributed by atoms with Gasteiger partial charge in [0.1, 0.15) is 5.82 Å². The first-order valence-electron chi connectivity index (χ1n) is 10.6. The third kappa shape index (κ3) is 3.94. The van der Waals surface area contributed by atoms with Crippen molar-refractivity contribution in [2.24, 2.45) is 0 Å². The summed E-state index contributed by atoms with van der Waals surface area (Å²) >= 11 is 0. The number of halogens is 1. The average molecular weight is 409 g/mol. The van der Waals surface area contributed by atoms with Gasteiger partial charge in [0.05, 0.1) is 17.3 Å². The number of hydrogen-bond donors (Lipinski definition) is 0. The number of rotatable bonds is 6.